The number of esters is 1. The first-order chi connectivity index (χ1) is 18.4. The molecule has 0 spiro atoms. The summed E-state index contributed by atoms with van der Waals surface area (Å²) in [6.07, 6.45) is 4.56. The Morgan fingerprint density at radius 2 is 1.76 bits per heavy atom. The standard InChI is InChI=1S/C29H31N3O5S/c1-4-36-29(35)25-23-7-5-6-8-24(23)38-28(25)31-27(34)21-13-15-22(16-14-21)37-19(3)26(33)32-30-17-20-11-9-18(2)10-12-20/h9-17,19H,4-8H2,1-3H3,(H,31,34)(H,32,33). The van der Waals surface area contributed by atoms with E-state index in [0.29, 0.717) is 21.9 Å². The summed E-state index contributed by atoms with van der Waals surface area (Å²) < 4.78 is 11.0. The van der Waals surface area contributed by atoms with E-state index in [4.69, 9.17) is 9.47 Å². The molecule has 38 heavy (non-hydrogen) atoms. The van der Waals surface area contributed by atoms with Crippen LogP contribution in [0.25, 0.3) is 0 Å². The highest BCUT2D eigenvalue weighted by atomic mass is 32.1. The molecule has 0 saturated carbocycles. The largest absolute Gasteiger partial charge is 0.481 e. The molecule has 3 aromatic rings. The van der Waals surface area contributed by atoms with E-state index in [-0.39, 0.29) is 12.5 Å². The molecule has 2 N–H and O–H groups in total. The average molecular weight is 534 g/mol. The lowest BCUT2D eigenvalue weighted by Crippen LogP contribution is -2.33. The van der Waals surface area contributed by atoms with Crippen LogP contribution in [0.5, 0.6) is 5.75 Å². The van der Waals surface area contributed by atoms with Gasteiger partial charge >= 0.3 is 5.97 Å². The van der Waals surface area contributed by atoms with E-state index in [0.717, 1.165) is 47.3 Å². The fraction of sp³-hybridized carbons (Fsp3) is 0.310. The second kappa shape index (κ2) is 12.5. The number of thiophene rings is 1. The van der Waals surface area contributed by atoms with E-state index in [1.165, 1.54) is 11.3 Å². The van der Waals surface area contributed by atoms with Crippen molar-refractivity contribution in [3.63, 3.8) is 0 Å². The number of carbonyl (C=O) groups is 3. The molecule has 9 heteroatoms. The van der Waals surface area contributed by atoms with Crippen LogP contribution in [0, 0.1) is 6.92 Å². The lowest BCUT2D eigenvalue weighted by molar-refractivity contribution is -0.127. The monoisotopic (exact) mass is 533 g/mol. The van der Waals surface area contributed by atoms with Gasteiger partial charge in [-0.3, -0.25) is 9.59 Å². The van der Waals surface area contributed by atoms with Crippen LogP contribution in [0.2, 0.25) is 0 Å². The van der Waals surface area contributed by atoms with Crippen molar-refractivity contribution >= 4 is 40.3 Å². The minimum Gasteiger partial charge on any atom is -0.481 e. The van der Waals surface area contributed by atoms with Gasteiger partial charge < -0.3 is 14.8 Å². The molecule has 8 nitrogen and oxygen atoms in total. The number of amides is 2. The molecule has 4 rings (SSSR count). The molecule has 2 amide bonds. The molecule has 1 aromatic heterocycles. The van der Waals surface area contributed by atoms with Gasteiger partial charge in [-0.25, -0.2) is 10.2 Å². The Labute approximate surface area is 226 Å². The van der Waals surface area contributed by atoms with E-state index >= 15 is 0 Å². The van der Waals surface area contributed by atoms with Gasteiger partial charge in [0.15, 0.2) is 6.10 Å². The van der Waals surface area contributed by atoms with E-state index in [2.05, 4.69) is 15.8 Å². The van der Waals surface area contributed by atoms with Gasteiger partial charge in [0.25, 0.3) is 11.8 Å². The zero-order chi connectivity index (χ0) is 27.1. The number of carbonyl (C=O) groups excluding carboxylic acids is 3. The summed E-state index contributed by atoms with van der Waals surface area (Å²) in [6.45, 7) is 5.65. The van der Waals surface area contributed by atoms with Crippen LogP contribution in [-0.4, -0.2) is 36.7 Å². The lowest BCUT2D eigenvalue weighted by Gasteiger charge is -2.13. The smallest absolute Gasteiger partial charge is 0.341 e. The Balaban J connectivity index is 1.36. The maximum absolute atomic E-state index is 13.0. The molecule has 0 saturated heterocycles. The summed E-state index contributed by atoms with van der Waals surface area (Å²) in [7, 11) is 0. The van der Waals surface area contributed by atoms with Crippen LogP contribution in [0.1, 0.15) is 69.0 Å². The van der Waals surface area contributed by atoms with Crippen LogP contribution in [0.3, 0.4) is 0 Å². The molecule has 0 aliphatic heterocycles. The molecule has 1 heterocycles. The highest BCUT2D eigenvalue weighted by Crippen LogP contribution is 2.38. The molecule has 1 aliphatic carbocycles. The Bertz CT molecular complexity index is 1330. The number of hydrogen-bond acceptors (Lipinski definition) is 7. The zero-order valence-electron chi connectivity index (χ0n) is 21.7. The van der Waals surface area contributed by atoms with Gasteiger partial charge in [-0.15, -0.1) is 11.3 Å². The van der Waals surface area contributed by atoms with Crippen LogP contribution < -0.4 is 15.5 Å². The maximum Gasteiger partial charge on any atom is 0.341 e. The van der Waals surface area contributed by atoms with Crippen LogP contribution in [-0.2, 0) is 22.4 Å². The van der Waals surface area contributed by atoms with Gasteiger partial charge in [-0.2, -0.15) is 5.10 Å². The van der Waals surface area contributed by atoms with Crippen molar-refractivity contribution in [1.29, 1.82) is 0 Å². The van der Waals surface area contributed by atoms with Crippen LogP contribution in [0.4, 0.5) is 5.00 Å². The second-order valence-electron chi connectivity index (χ2n) is 9.02. The predicted molar refractivity (Wildman–Crippen MR) is 148 cm³/mol. The number of aryl methyl sites for hydroxylation is 2. The molecule has 0 radical (unpaired) electrons. The summed E-state index contributed by atoms with van der Waals surface area (Å²) in [4.78, 5) is 39.1. The number of hydrazone groups is 1. The topological polar surface area (TPSA) is 106 Å². The number of fused-ring (bicyclic) bond motifs is 1. The predicted octanol–water partition coefficient (Wildman–Crippen LogP) is 5.28. The highest BCUT2D eigenvalue weighted by molar-refractivity contribution is 7.17. The third-order valence-corrected chi connectivity index (χ3v) is 7.35. The quantitative estimate of drug-likeness (QED) is 0.221. The van der Waals surface area contributed by atoms with Crippen molar-refractivity contribution in [3.05, 3.63) is 81.2 Å². The minimum atomic E-state index is -0.797. The van der Waals surface area contributed by atoms with Gasteiger partial charge in [0.2, 0.25) is 0 Å². The van der Waals surface area contributed by atoms with Crippen molar-refractivity contribution in [2.24, 2.45) is 5.10 Å². The van der Waals surface area contributed by atoms with Gasteiger partial charge in [0, 0.05) is 10.4 Å². The number of hydrogen-bond donors (Lipinski definition) is 2. The second-order valence-corrected chi connectivity index (χ2v) is 10.1. The molecule has 1 aliphatic rings. The fourth-order valence-electron chi connectivity index (χ4n) is 4.10. The first kappa shape index (κ1) is 27.1. The molecule has 0 fully saturated rings. The van der Waals surface area contributed by atoms with E-state index in [1.54, 1.807) is 44.3 Å². The SMILES string of the molecule is CCOC(=O)c1c(NC(=O)c2ccc(OC(C)C(=O)NN=Cc3ccc(C)cc3)cc2)sc2c1CCCC2. The number of nitrogens with one attached hydrogen (secondary N) is 2. The van der Waals surface area contributed by atoms with Crippen molar-refractivity contribution in [1.82, 2.24) is 5.43 Å². The molecular formula is C29H31N3O5S. The maximum atomic E-state index is 13.0. The summed E-state index contributed by atoms with van der Waals surface area (Å²) >= 11 is 1.45. The first-order valence-corrected chi connectivity index (χ1v) is 13.5. The van der Waals surface area contributed by atoms with Crippen molar-refractivity contribution in [3.8, 4) is 5.75 Å². The highest BCUT2D eigenvalue weighted by Gasteiger charge is 2.27. The number of anilines is 1. The third-order valence-electron chi connectivity index (χ3n) is 6.14. The van der Waals surface area contributed by atoms with E-state index in [9.17, 15) is 14.4 Å². The summed E-state index contributed by atoms with van der Waals surface area (Å²) in [5.41, 5.74) is 6.36. The van der Waals surface area contributed by atoms with Crippen LogP contribution >= 0.6 is 11.3 Å². The van der Waals surface area contributed by atoms with Crippen LogP contribution in [0.15, 0.2) is 53.6 Å². The Hall–Kier alpha value is -3.98. The number of ether oxygens (including phenoxy) is 2. The van der Waals surface area contributed by atoms with Crippen molar-refractivity contribution in [2.45, 2.75) is 52.6 Å². The minimum absolute atomic E-state index is 0.272. The fourth-order valence-corrected chi connectivity index (χ4v) is 5.38. The normalized spacial score (nSPS) is 13.4. The van der Waals surface area contributed by atoms with Crippen molar-refractivity contribution in [2.75, 3.05) is 11.9 Å². The van der Waals surface area contributed by atoms with Crippen molar-refractivity contribution < 1.29 is 23.9 Å². The molecule has 0 bridgehead atoms. The Kier molecular flexibility index (Phi) is 8.91. The third kappa shape index (κ3) is 6.66. The van der Waals surface area contributed by atoms with E-state index < -0.39 is 18.0 Å². The Morgan fingerprint density at radius 1 is 1.05 bits per heavy atom. The molecule has 1 atom stereocenters. The zero-order valence-corrected chi connectivity index (χ0v) is 22.5. The van der Waals surface area contributed by atoms with Gasteiger partial charge in [0.1, 0.15) is 10.8 Å². The van der Waals surface area contributed by atoms with E-state index in [1.807, 2.05) is 31.2 Å². The van der Waals surface area contributed by atoms with Gasteiger partial charge in [0.05, 0.1) is 18.4 Å². The Morgan fingerprint density at radius 3 is 2.47 bits per heavy atom. The van der Waals surface area contributed by atoms with Gasteiger partial charge in [-0.05, 0) is 81.8 Å². The molecular weight excluding hydrogens is 502 g/mol. The van der Waals surface area contributed by atoms with Gasteiger partial charge in [-0.1, -0.05) is 29.8 Å². The summed E-state index contributed by atoms with van der Waals surface area (Å²) in [5, 5.41) is 7.40. The average Bonchev–Trinajstić information content (AvgIpc) is 3.28. The lowest BCUT2D eigenvalue weighted by atomic mass is 9.95. The molecule has 1 unspecified atom stereocenters. The first-order valence-electron chi connectivity index (χ1n) is 12.6. The number of nitrogens with zero attached hydrogens (tertiary/aromatic N) is 1. The summed E-state index contributed by atoms with van der Waals surface area (Å²) in [5.74, 6) is -0.702. The summed E-state index contributed by atoms with van der Waals surface area (Å²) in [6, 6.07) is 14.2. The number of rotatable bonds is 9. The molecule has 198 valence electrons. The number of benzene rings is 2. The molecule has 2 aromatic carbocycles.